The van der Waals surface area contributed by atoms with E-state index in [-0.39, 0.29) is 18.0 Å². The van der Waals surface area contributed by atoms with Gasteiger partial charge in [0.25, 0.3) is 0 Å². The molecule has 0 amide bonds. The molecule has 1 fully saturated rings. The average Bonchev–Trinajstić information content (AvgIpc) is 2.09. The quantitative estimate of drug-likeness (QED) is 0.520. The summed E-state index contributed by atoms with van der Waals surface area (Å²) in [5.41, 5.74) is 0. The second-order valence-corrected chi connectivity index (χ2v) is 3.02. The summed E-state index contributed by atoms with van der Waals surface area (Å²) < 4.78 is 5.04. The summed E-state index contributed by atoms with van der Waals surface area (Å²) in [6.07, 6.45) is 1.03. The van der Waals surface area contributed by atoms with E-state index in [1.165, 1.54) is 0 Å². The van der Waals surface area contributed by atoms with Gasteiger partial charge in [0, 0.05) is 5.92 Å². The third-order valence-corrected chi connectivity index (χ3v) is 2.42. The number of cyclic esters (lactones) is 1. The van der Waals surface area contributed by atoms with Crippen molar-refractivity contribution in [2.45, 2.75) is 33.3 Å². The number of ether oxygens (including phenoxy) is 1. The van der Waals surface area contributed by atoms with Gasteiger partial charge in [0.15, 0.2) is 0 Å². The highest BCUT2D eigenvalue weighted by molar-refractivity contribution is 5.75. The van der Waals surface area contributed by atoms with Crippen LogP contribution in [0, 0.1) is 11.8 Å². The van der Waals surface area contributed by atoms with Crippen molar-refractivity contribution in [3.63, 3.8) is 0 Å². The first-order chi connectivity index (χ1) is 4.66. The first kappa shape index (κ1) is 7.58. The summed E-state index contributed by atoms with van der Waals surface area (Å²) in [5, 5.41) is 0. The van der Waals surface area contributed by atoms with Gasteiger partial charge in [-0.3, -0.25) is 4.79 Å². The minimum atomic E-state index is -0.0116. The van der Waals surface area contributed by atoms with Crippen LogP contribution < -0.4 is 0 Å². The van der Waals surface area contributed by atoms with Crippen LogP contribution in [0.4, 0.5) is 0 Å². The average molecular weight is 142 g/mol. The lowest BCUT2D eigenvalue weighted by molar-refractivity contribution is -0.143. The van der Waals surface area contributed by atoms with Gasteiger partial charge in [0.2, 0.25) is 0 Å². The molecule has 2 heteroatoms. The number of esters is 1. The van der Waals surface area contributed by atoms with Crippen molar-refractivity contribution in [1.82, 2.24) is 0 Å². The molecule has 10 heavy (non-hydrogen) atoms. The van der Waals surface area contributed by atoms with Crippen molar-refractivity contribution < 1.29 is 9.53 Å². The molecule has 58 valence electrons. The molecule has 0 aromatic heterocycles. The summed E-state index contributed by atoms with van der Waals surface area (Å²) in [6.45, 7) is 6.06. The number of hydrogen-bond acceptors (Lipinski definition) is 2. The van der Waals surface area contributed by atoms with Gasteiger partial charge in [-0.1, -0.05) is 13.8 Å². The van der Waals surface area contributed by atoms with E-state index < -0.39 is 0 Å². The Morgan fingerprint density at radius 1 is 1.50 bits per heavy atom. The lowest BCUT2D eigenvalue weighted by atomic mass is 9.91. The second-order valence-electron chi connectivity index (χ2n) is 3.02. The Bertz CT molecular complexity index is 142. The van der Waals surface area contributed by atoms with Gasteiger partial charge in [0.05, 0.1) is 5.92 Å². The van der Waals surface area contributed by atoms with Crippen molar-refractivity contribution in [1.29, 1.82) is 0 Å². The summed E-state index contributed by atoms with van der Waals surface area (Å²) in [5.74, 6) is 0.537. The third-order valence-electron chi connectivity index (χ3n) is 2.42. The van der Waals surface area contributed by atoms with Crippen LogP contribution in [0.3, 0.4) is 0 Å². The monoisotopic (exact) mass is 142 g/mol. The summed E-state index contributed by atoms with van der Waals surface area (Å²) >= 11 is 0. The maximum Gasteiger partial charge on any atom is 0.309 e. The molecule has 1 saturated heterocycles. The van der Waals surface area contributed by atoms with Crippen molar-refractivity contribution in [3.05, 3.63) is 0 Å². The Hall–Kier alpha value is -0.530. The van der Waals surface area contributed by atoms with E-state index in [2.05, 4.69) is 6.92 Å². The fraction of sp³-hybridized carbons (Fsp3) is 0.875. The smallest absolute Gasteiger partial charge is 0.309 e. The van der Waals surface area contributed by atoms with Crippen molar-refractivity contribution in [2.75, 3.05) is 0 Å². The zero-order valence-electron chi connectivity index (χ0n) is 6.76. The molecule has 0 aliphatic carbocycles. The van der Waals surface area contributed by atoms with Crippen LogP contribution >= 0.6 is 0 Å². The number of rotatable bonds is 1. The molecule has 1 rings (SSSR count). The number of carbonyl (C=O) groups excluding carboxylic acids is 1. The Kier molecular flexibility index (Phi) is 1.97. The van der Waals surface area contributed by atoms with Crippen molar-refractivity contribution >= 4 is 5.97 Å². The van der Waals surface area contributed by atoms with Crippen molar-refractivity contribution in [3.8, 4) is 0 Å². The minimum Gasteiger partial charge on any atom is -0.462 e. The fourth-order valence-electron chi connectivity index (χ4n) is 1.46. The minimum absolute atomic E-state index is 0.0116. The van der Waals surface area contributed by atoms with E-state index in [1.807, 2.05) is 13.8 Å². The van der Waals surface area contributed by atoms with Gasteiger partial charge in [0.1, 0.15) is 6.10 Å². The molecule has 0 bridgehead atoms. The lowest BCUT2D eigenvalue weighted by Gasteiger charge is -2.09. The van der Waals surface area contributed by atoms with Gasteiger partial charge in [-0.05, 0) is 13.3 Å². The number of carbonyl (C=O) groups is 1. The highest BCUT2D eigenvalue weighted by Crippen LogP contribution is 2.29. The van der Waals surface area contributed by atoms with Gasteiger partial charge < -0.3 is 4.74 Å². The van der Waals surface area contributed by atoms with Gasteiger partial charge >= 0.3 is 5.97 Å². The second kappa shape index (κ2) is 2.60. The predicted octanol–water partition coefficient (Wildman–Crippen LogP) is 1.59. The standard InChI is InChI=1S/C8H14O2/c1-4-7-5(2)6(3)10-8(7)9/h5-7H,4H2,1-3H3/t5-,6-,7+/m1/s1. The van der Waals surface area contributed by atoms with Crippen LogP contribution in [-0.2, 0) is 9.53 Å². The molecule has 2 nitrogen and oxygen atoms in total. The topological polar surface area (TPSA) is 26.3 Å². The zero-order chi connectivity index (χ0) is 7.72. The van der Waals surface area contributed by atoms with Crippen LogP contribution in [0.5, 0.6) is 0 Å². The molecular weight excluding hydrogens is 128 g/mol. The SMILES string of the molecule is CC[C@@H]1C(=O)O[C@H](C)[C@H]1C. The molecule has 1 heterocycles. The largest absolute Gasteiger partial charge is 0.462 e. The van der Waals surface area contributed by atoms with E-state index in [9.17, 15) is 4.79 Å². The molecular formula is C8H14O2. The molecule has 0 aromatic carbocycles. The Labute approximate surface area is 61.6 Å². The molecule has 0 radical (unpaired) electrons. The Balaban J connectivity index is 2.64. The van der Waals surface area contributed by atoms with E-state index in [4.69, 9.17) is 4.74 Å². The van der Waals surface area contributed by atoms with Crippen molar-refractivity contribution in [2.24, 2.45) is 11.8 Å². The molecule has 1 aliphatic heterocycles. The molecule has 1 aliphatic rings. The molecule has 0 unspecified atom stereocenters. The first-order valence-electron chi connectivity index (χ1n) is 3.87. The van der Waals surface area contributed by atoms with Crippen LogP contribution in [0.2, 0.25) is 0 Å². The first-order valence-corrected chi connectivity index (χ1v) is 3.87. The fourth-order valence-corrected chi connectivity index (χ4v) is 1.46. The number of hydrogen-bond donors (Lipinski definition) is 0. The highest BCUT2D eigenvalue weighted by Gasteiger charge is 2.37. The predicted molar refractivity (Wildman–Crippen MR) is 38.5 cm³/mol. The zero-order valence-corrected chi connectivity index (χ0v) is 6.76. The van der Waals surface area contributed by atoms with E-state index in [1.54, 1.807) is 0 Å². The Morgan fingerprint density at radius 2 is 2.10 bits per heavy atom. The lowest BCUT2D eigenvalue weighted by Crippen LogP contribution is -2.14. The maximum absolute atomic E-state index is 11.0. The van der Waals surface area contributed by atoms with E-state index in [0.717, 1.165) is 6.42 Å². The summed E-state index contributed by atoms with van der Waals surface area (Å²) in [4.78, 5) is 11.0. The van der Waals surface area contributed by atoms with Gasteiger partial charge in [-0.25, -0.2) is 0 Å². The third kappa shape index (κ3) is 1.02. The summed E-state index contributed by atoms with van der Waals surface area (Å²) in [7, 11) is 0. The van der Waals surface area contributed by atoms with Gasteiger partial charge in [-0.15, -0.1) is 0 Å². The van der Waals surface area contributed by atoms with Crippen LogP contribution in [0.15, 0.2) is 0 Å². The molecule has 0 spiro atoms. The van der Waals surface area contributed by atoms with Gasteiger partial charge in [-0.2, -0.15) is 0 Å². The molecule has 0 saturated carbocycles. The molecule has 0 aromatic rings. The van der Waals surface area contributed by atoms with Crippen LogP contribution in [0.1, 0.15) is 27.2 Å². The van der Waals surface area contributed by atoms with E-state index >= 15 is 0 Å². The van der Waals surface area contributed by atoms with E-state index in [0.29, 0.717) is 5.92 Å². The molecule has 3 atom stereocenters. The highest BCUT2D eigenvalue weighted by atomic mass is 16.6. The normalized spacial score (nSPS) is 39.9. The Morgan fingerprint density at radius 3 is 2.30 bits per heavy atom. The summed E-state index contributed by atoms with van der Waals surface area (Å²) in [6, 6.07) is 0. The maximum atomic E-state index is 11.0. The van der Waals surface area contributed by atoms with Crippen LogP contribution in [-0.4, -0.2) is 12.1 Å². The molecule has 0 N–H and O–H groups in total. The van der Waals surface area contributed by atoms with Crippen LogP contribution in [0.25, 0.3) is 0 Å².